The molecule has 1 aromatic rings. The summed E-state index contributed by atoms with van der Waals surface area (Å²) in [4.78, 5) is 4.29. The average Bonchev–Trinajstić information content (AvgIpc) is 2.03. The maximum absolute atomic E-state index is 4.29. The molecule has 0 atom stereocenters. The van der Waals surface area contributed by atoms with E-state index < -0.39 is 0 Å². The van der Waals surface area contributed by atoms with Gasteiger partial charge in [0, 0.05) is 10.6 Å². The van der Waals surface area contributed by atoms with E-state index >= 15 is 0 Å². The first-order valence-electron chi connectivity index (χ1n) is 3.48. The van der Waals surface area contributed by atoms with Crippen LogP contribution in [0.25, 0.3) is 0 Å². The molecule has 0 saturated heterocycles. The van der Waals surface area contributed by atoms with Crippen molar-refractivity contribution in [1.82, 2.24) is 0 Å². The second-order valence-corrected chi connectivity index (χ2v) is 3.13. The summed E-state index contributed by atoms with van der Waals surface area (Å²) in [5, 5.41) is 0. The van der Waals surface area contributed by atoms with Crippen LogP contribution in [0, 0.1) is 6.92 Å². The van der Waals surface area contributed by atoms with E-state index in [9.17, 15) is 0 Å². The van der Waals surface area contributed by atoms with Crippen molar-refractivity contribution in [1.29, 1.82) is 0 Å². The topological polar surface area (TPSA) is 12.4 Å². The van der Waals surface area contributed by atoms with E-state index in [4.69, 9.17) is 0 Å². The molecule has 2 heteroatoms. The molecule has 0 unspecified atom stereocenters. The fourth-order valence-corrected chi connectivity index (χ4v) is 1.04. The van der Waals surface area contributed by atoms with Crippen molar-refractivity contribution < 1.29 is 0 Å². The third kappa shape index (κ3) is 2.61. The van der Waals surface area contributed by atoms with E-state index in [0.717, 1.165) is 10.1 Å². The van der Waals surface area contributed by atoms with Gasteiger partial charge in [-0.1, -0.05) is 40.8 Å². The Kier molecular flexibility index (Phi) is 3.56. The Morgan fingerprint density at radius 1 is 1.45 bits per heavy atom. The van der Waals surface area contributed by atoms with Crippen molar-refractivity contribution in [2.45, 2.75) is 6.92 Å². The van der Waals surface area contributed by atoms with Gasteiger partial charge < -0.3 is 0 Å². The first-order chi connectivity index (χ1) is 5.34. The fourth-order valence-electron chi connectivity index (χ4n) is 0.841. The van der Waals surface area contributed by atoms with Crippen molar-refractivity contribution in [2.24, 2.45) is 4.99 Å². The number of alkyl halides is 1. The lowest BCUT2D eigenvalue weighted by atomic mass is 10.2. The van der Waals surface area contributed by atoms with Crippen LogP contribution in [0.5, 0.6) is 0 Å². The molecule has 0 aliphatic rings. The predicted octanol–water partition coefficient (Wildman–Crippen LogP) is 3.13. The molecule has 0 bridgehead atoms. The summed E-state index contributed by atoms with van der Waals surface area (Å²) in [7, 11) is 0. The highest BCUT2D eigenvalue weighted by atomic mass is 127. The van der Waals surface area contributed by atoms with Gasteiger partial charge >= 0.3 is 0 Å². The zero-order chi connectivity index (χ0) is 8.10. The quantitative estimate of drug-likeness (QED) is 0.439. The zero-order valence-electron chi connectivity index (χ0n) is 6.42. The zero-order valence-corrected chi connectivity index (χ0v) is 8.58. The normalized spacial score (nSPS) is 10.7. The number of nitrogens with zero attached hydrogens (tertiary/aromatic N) is 1. The molecule has 0 heterocycles. The highest BCUT2D eigenvalue weighted by molar-refractivity contribution is 14.1. The third-order valence-corrected chi connectivity index (χ3v) is 1.81. The molecule has 0 amide bonds. The second-order valence-electron chi connectivity index (χ2n) is 2.25. The van der Waals surface area contributed by atoms with Gasteiger partial charge in [-0.25, -0.2) is 0 Å². The summed E-state index contributed by atoms with van der Waals surface area (Å²) in [5.74, 6) is 0. The smallest absolute Gasteiger partial charge is 0.0655 e. The van der Waals surface area contributed by atoms with Crippen LogP contribution in [0.2, 0.25) is 0 Å². The number of halogens is 1. The number of rotatable bonds is 2. The number of benzene rings is 1. The van der Waals surface area contributed by atoms with Gasteiger partial charge in [0.25, 0.3) is 0 Å². The lowest BCUT2D eigenvalue weighted by Gasteiger charge is -1.96. The molecule has 1 rings (SSSR count). The Hall–Kier alpha value is -0.380. The van der Waals surface area contributed by atoms with Crippen molar-refractivity contribution in [3.05, 3.63) is 29.8 Å². The summed E-state index contributed by atoms with van der Waals surface area (Å²) >= 11 is 2.28. The molecule has 0 aliphatic heterocycles. The van der Waals surface area contributed by atoms with Gasteiger partial charge in [-0.2, -0.15) is 0 Å². The van der Waals surface area contributed by atoms with E-state index in [1.54, 1.807) is 0 Å². The lowest BCUT2D eigenvalue weighted by molar-refractivity contribution is 1.40. The summed E-state index contributed by atoms with van der Waals surface area (Å²) in [5.41, 5.74) is 2.30. The van der Waals surface area contributed by atoms with E-state index in [2.05, 4.69) is 40.6 Å². The summed E-state index contributed by atoms with van der Waals surface area (Å²) < 4.78 is 0.964. The van der Waals surface area contributed by atoms with Gasteiger partial charge in [-0.3, -0.25) is 4.99 Å². The molecule has 11 heavy (non-hydrogen) atoms. The molecule has 1 nitrogen and oxygen atoms in total. The van der Waals surface area contributed by atoms with Crippen LogP contribution in [-0.4, -0.2) is 10.6 Å². The second kappa shape index (κ2) is 4.49. The Morgan fingerprint density at radius 3 is 2.82 bits per heavy atom. The number of hydrogen-bond acceptors (Lipinski definition) is 1. The van der Waals surface area contributed by atoms with Crippen LogP contribution < -0.4 is 0 Å². The Bertz CT molecular complexity index is 255. The molecular formula is C9H10IN. The largest absolute Gasteiger partial charge is 0.260 e. The predicted molar refractivity (Wildman–Crippen MR) is 58.2 cm³/mol. The van der Waals surface area contributed by atoms with Crippen LogP contribution in [-0.2, 0) is 0 Å². The standard InChI is InChI=1S/C9H10IN/c1-8-4-2-3-5-9(8)11-7-6-10/h2-5,7H,6H2,1H3. The van der Waals surface area contributed by atoms with Crippen molar-refractivity contribution >= 4 is 34.5 Å². The van der Waals surface area contributed by atoms with Crippen LogP contribution in [0.1, 0.15) is 5.56 Å². The van der Waals surface area contributed by atoms with Gasteiger partial charge in [-0.15, -0.1) is 0 Å². The Labute approximate surface area is 80.7 Å². The van der Waals surface area contributed by atoms with Crippen molar-refractivity contribution in [3.8, 4) is 0 Å². The van der Waals surface area contributed by atoms with Crippen LogP contribution in [0.4, 0.5) is 5.69 Å². The molecule has 0 saturated carbocycles. The van der Waals surface area contributed by atoms with E-state index in [-0.39, 0.29) is 0 Å². The lowest BCUT2D eigenvalue weighted by Crippen LogP contribution is -1.75. The Morgan fingerprint density at radius 2 is 2.18 bits per heavy atom. The SMILES string of the molecule is Cc1ccccc1N=CCI. The van der Waals surface area contributed by atoms with Crippen molar-refractivity contribution in [2.75, 3.05) is 4.43 Å². The van der Waals surface area contributed by atoms with Gasteiger partial charge in [0.2, 0.25) is 0 Å². The molecule has 0 aliphatic carbocycles. The minimum Gasteiger partial charge on any atom is -0.260 e. The van der Waals surface area contributed by atoms with Crippen LogP contribution >= 0.6 is 22.6 Å². The van der Waals surface area contributed by atoms with Crippen LogP contribution in [0.3, 0.4) is 0 Å². The molecule has 0 aromatic heterocycles. The van der Waals surface area contributed by atoms with Gasteiger partial charge in [0.05, 0.1) is 5.69 Å². The number of para-hydroxylation sites is 1. The van der Waals surface area contributed by atoms with Crippen LogP contribution in [0.15, 0.2) is 29.3 Å². The summed E-state index contributed by atoms with van der Waals surface area (Å²) in [6.07, 6.45) is 1.92. The molecule has 0 spiro atoms. The van der Waals surface area contributed by atoms with E-state index in [1.807, 2.05) is 24.4 Å². The highest BCUT2D eigenvalue weighted by Crippen LogP contribution is 2.15. The molecule has 0 radical (unpaired) electrons. The third-order valence-electron chi connectivity index (χ3n) is 1.41. The molecule has 0 fully saturated rings. The summed E-state index contributed by atoms with van der Waals surface area (Å²) in [6.45, 7) is 2.07. The van der Waals surface area contributed by atoms with Gasteiger partial charge in [0.1, 0.15) is 0 Å². The average molecular weight is 259 g/mol. The maximum atomic E-state index is 4.29. The molecular weight excluding hydrogens is 249 g/mol. The monoisotopic (exact) mass is 259 g/mol. The highest BCUT2D eigenvalue weighted by Gasteiger charge is 1.89. The number of hydrogen-bond donors (Lipinski definition) is 0. The van der Waals surface area contributed by atoms with E-state index in [1.165, 1.54) is 5.56 Å². The van der Waals surface area contributed by atoms with E-state index in [0.29, 0.717) is 0 Å². The molecule has 1 aromatic carbocycles. The van der Waals surface area contributed by atoms with Gasteiger partial charge in [-0.05, 0) is 18.6 Å². The molecule has 0 N–H and O–H groups in total. The first kappa shape index (κ1) is 8.71. The first-order valence-corrected chi connectivity index (χ1v) is 5.01. The minimum absolute atomic E-state index is 0.964. The summed E-state index contributed by atoms with van der Waals surface area (Å²) in [6, 6.07) is 8.13. The Balaban J connectivity index is 2.86. The van der Waals surface area contributed by atoms with Gasteiger partial charge in [0.15, 0.2) is 0 Å². The molecule has 58 valence electrons. The number of aryl methyl sites for hydroxylation is 1. The number of aliphatic imine (C=N–C) groups is 1. The minimum atomic E-state index is 0.964. The maximum Gasteiger partial charge on any atom is 0.0655 e. The van der Waals surface area contributed by atoms with Crippen molar-refractivity contribution in [3.63, 3.8) is 0 Å². The fraction of sp³-hybridized carbons (Fsp3) is 0.222.